The SMILES string of the molecule is CC(=O)Nc1ccc(NCN2C(=O)c3cc(Cl)c(Cl)cc3C2=O)cc1. The minimum Gasteiger partial charge on any atom is -0.367 e. The quantitative estimate of drug-likeness (QED) is 0.797. The maximum Gasteiger partial charge on any atom is 0.263 e. The van der Waals surface area contributed by atoms with Crippen molar-refractivity contribution in [1.29, 1.82) is 0 Å². The number of carbonyl (C=O) groups excluding carboxylic acids is 3. The zero-order valence-corrected chi connectivity index (χ0v) is 14.6. The number of fused-ring (bicyclic) bond motifs is 1. The van der Waals surface area contributed by atoms with Crippen molar-refractivity contribution in [2.24, 2.45) is 0 Å². The predicted molar refractivity (Wildman–Crippen MR) is 96.2 cm³/mol. The number of rotatable bonds is 4. The van der Waals surface area contributed by atoms with Gasteiger partial charge in [0.15, 0.2) is 0 Å². The van der Waals surface area contributed by atoms with Crippen molar-refractivity contribution < 1.29 is 14.4 Å². The summed E-state index contributed by atoms with van der Waals surface area (Å²) < 4.78 is 0. The van der Waals surface area contributed by atoms with Gasteiger partial charge in [0, 0.05) is 18.3 Å². The number of halogens is 2. The lowest BCUT2D eigenvalue weighted by atomic mass is 10.1. The molecule has 2 aromatic rings. The molecule has 0 bridgehead atoms. The molecule has 3 amide bonds. The summed E-state index contributed by atoms with van der Waals surface area (Å²) in [7, 11) is 0. The lowest BCUT2D eigenvalue weighted by molar-refractivity contribution is -0.114. The first kappa shape index (κ1) is 17.3. The smallest absolute Gasteiger partial charge is 0.263 e. The summed E-state index contributed by atoms with van der Waals surface area (Å²) in [6.07, 6.45) is 0. The van der Waals surface area contributed by atoms with Gasteiger partial charge in [0.05, 0.1) is 27.8 Å². The summed E-state index contributed by atoms with van der Waals surface area (Å²) in [6, 6.07) is 9.70. The molecule has 1 aliphatic rings. The van der Waals surface area contributed by atoms with Gasteiger partial charge >= 0.3 is 0 Å². The molecule has 0 atom stereocenters. The summed E-state index contributed by atoms with van der Waals surface area (Å²) in [5.41, 5.74) is 1.83. The van der Waals surface area contributed by atoms with Gasteiger partial charge in [0.25, 0.3) is 11.8 Å². The average molecular weight is 378 g/mol. The fraction of sp³-hybridized carbons (Fsp3) is 0.118. The number of anilines is 2. The number of hydrogen-bond donors (Lipinski definition) is 2. The second kappa shape index (κ2) is 6.74. The van der Waals surface area contributed by atoms with E-state index in [2.05, 4.69) is 10.6 Å². The van der Waals surface area contributed by atoms with Crippen molar-refractivity contribution in [1.82, 2.24) is 4.90 Å². The Labute approximate surface area is 153 Å². The Bertz CT molecular complexity index is 840. The Kier molecular flexibility index (Phi) is 4.65. The molecule has 3 rings (SSSR count). The van der Waals surface area contributed by atoms with E-state index in [1.165, 1.54) is 19.1 Å². The maximum absolute atomic E-state index is 12.4. The molecule has 0 radical (unpaired) electrons. The van der Waals surface area contributed by atoms with Gasteiger partial charge < -0.3 is 10.6 Å². The third-order valence-electron chi connectivity index (χ3n) is 3.66. The molecular weight excluding hydrogens is 365 g/mol. The molecule has 128 valence electrons. The van der Waals surface area contributed by atoms with Gasteiger partial charge in [0.2, 0.25) is 5.91 Å². The third kappa shape index (κ3) is 3.45. The highest BCUT2D eigenvalue weighted by atomic mass is 35.5. The molecule has 1 aliphatic heterocycles. The van der Waals surface area contributed by atoms with Gasteiger partial charge in [-0.05, 0) is 36.4 Å². The van der Waals surface area contributed by atoms with E-state index in [9.17, 15) is 14.4 Å². The van der Waals surface area contributed by atoms with E-state index in [1.807, 2.05) is 0 Å². The van der Waals surface area contributed by atoms with E-state index in [0.717, 1.165) is 4.90 Å². The van der Waals surface area contributed by atoms with Crippen LogP contribution in [0.3, 0.4) is 0 Å². The van der Waals surface area contributed by atoms with Crippen LogP contribution in [0.15, 0.2) is 36.4 Å². The molecule has 8 heteroatoms. The first-order chi connectivity index (χ1) is 11.9. The molecule has 6 nitrogen and oxygen atoms in total. The molecule has 0 unspecified atom stereocenters. The minimum absolute atomic E-state index is 0.00106. The van der Waals surface area contributed by atoms with Crippen LogP contribution in [0.2, 0.25) is 10.0 Å². The van der Waals surface area contributed by atoms with E-state index >= 15 is 0 Å². The van der Waals surface area contributed by atoms with Gasteiger partial charge in [-0.3, -0.25) is 19.3 Å². The van der Waals surface area contributed by atoms with Crippen LogP contribution in [0, 0.1) is 0 Å². The zero-order chi connectivity index (χ0) is 18.1. The van der Waals surface area contributed by atoms with Crippen LogP contribution in [0.5, 0.6) is 0 Å². The summed E-state index contributed by atoms with van der Waals surface area (Å²) in [5.74, 6) is -1.02. The molecule has 2 aromatic carbocycles. The van der Waals surface area contributed by atoms with Crippen molar-refractivity contribution in [2.45, 2.75) is 6.92 Å². The number of hydrogen-bond acceptors (Lipinski definition) is 4. The minimum atomic E-state index is -0.430. The monoisotopic (exact) mass is 377 g/mol. The van der Waals surface area contributed by atoms with Gasteiger partial charge in [-0.25, -0.2) is 0 Å². The highest BCUT2D eigenvalue weighted by Gasteiger charge is 2.36. The first-order valence-electron chi connectivity index (χ1n) is 7.33. The number of benzene rings is 2. The van der Waals surface area contributed by atoms with Gasteiger partial charge in [-0.2, -0.15) is 0 Å². The average Bonchev–Trinajstić information content (AvgIpc) is 2.78. The van der Waals surface area contributed by atoms with Crippen molar-refractivity contribution >= 4 is 52.3 Å². The van der Waals surface area contributed by atoms with Gasteiger partial charge in [-0.15, -0.1) is 0 Å². The van der Waals surface area contributed by atoms with E-state index in [1.54, 1.807) is 24.3 Å². The van der Waals surface area contributed by atoms with Crippen LogP contribution < -0.4 is 10.6 Å². The van der Waals surface area contributed by atoms with Crippen LogP contribution in [0.25, 0.3) is 0 Å². The summed E-state index contributed by atoms with van der Waals surface area (Å²) in [4.78, 5) is 36.8. The molecule has 25 heavy (non-hydrogen) atoms. The van der Waals surface area contributed by atoms with E-state index in [4.69, 9.17) is 23.2 Å². The molecular formula is C17H13Cl2N3O3. The van der Waals surface area contributed by atoms with Crippen LogP contribution in [0.4, 0.5) is 11.4 Å². The summed E-state index contributed by atoms with van der Waals surface area (Å²) in [6.45, 7) is 1.42. The Hall–Kier alpha value is -2.57. The highest BCUT2D eigenvalue weighted by molar-refractivity contribution is 6.43. The summed E-state index contributed by atoms with van der Waals surface area (Å²) >= 11 is 11.8. The highest BCUT2D eigenvalue weighted by Crippen LogP contribution is 2.31. The number of amides is 3. The number of nitrogens with one attached hydrogen (secondary N) is 2. The predicted octanol–water partition coefficient (Wildman–Crippen LogP) is 3.62. The van der Waals surface area contributed by atoms with Crippen LogP contribution >= 0.6 is 23.2 Å². The Morgan fingerprint density at radius 3 is 1.92 bits per heavy atom. The van der Waals surface area contributed by atoms with Crippen molar-refractivity contribution in [3.05, 3.63) is 57.6 Å². The molecule has 0 spiro atoms. The molecule has 2 N–H and O–H groups in total. The van der Waals surface area contributed by atoms with Crippen LogP contribution in [0.1, 0.15) is 27.6 Å². The Morgan fingerprint density at radius 2 is 1.44 bits per heavy atom. The molecule has 0 saturated carbocycles. The first-order valence-corrected chi connectivity index (χ1v) is 8.09. The lowest BCUT2D eigenvalue weighted by Crippen LogP contribution is -2.34. The Balaban J connectivity index is 1.71. The lowest BCUT2D eigenvalue weighted by Gasteiger charge is -2.15. The molecule has 1 heterocycles. The van der Waals surface area contributed by atoms with Crippen molar-refractivity contribution in [2.75, 3.05) is 17.3 Å². The third-order valence-corrected chi connectivity index (χ3v) is 4.38. The van der Waals surface area contributed by atoms with Crippen molar-refractivity contribution in [3.8, 4) is 0 Å². The summed E-state index contributed by atoms with van der Waals surface area (Å²) in [5, 5.41) is 6.11. The normalized spacial score (nSPS) is 13.0. The number of carbonyl (C=O) groups is 3. The van der Waals surface area contributed by atoms with E-state index < -0.39 is 11.8 Å². The van der Waals surface area contributed by atoms with Crippen LogP contribution in [-0.2, 0) is 4.79 Å². The largest absolute Gasteiger partial charge is 0.367 e. The van der Waals surface area contributed by atoms with Gasteiger partial charge in [0.1, 0.15) is 0 Å². The van der Waals surface area contributed by atoms with E-state index in [0.29, 0.717) is 11.4 Å². The Morgan fingerprint density at radius 1 is 0.960 bits per heavy atom. The van der Waals surface area contributed by atoms with Crippen molar-refractivity contribution in [3.63, 3.8) is 0 Å². The molecule has 0 fully saturated rings. The molecule has 0 saturated heterocycles. The zero-order valence-electron chi connectivity index (χ0n) is 13.1. The standard InChI is InChI=1S/C17H13Cl2N3O3/c1-9(23)21-11-4-2-10(3-5-11)20-8-22-16(24)12-6-14(18)15(19)7-13(12)17(22)25/h2-7,20H,8H2,1H3,(H,21,23). The molecule has 0 aliphatic carbocycles. The van der Waals surface area contributed by atoms with Crippen LogP contribution in [-0.4, -0.2) is 29.3 Å². The number of nitrogens with zero attached hydrogens (tertiary/aromatic N) is 1. The number of imide groups is 1. The second-order valence-corrected chi connectivity index (χ2v) is 6.26. The topological polar surface area (TPSA) is 78.5 Å². The van der Waals surface area contributed by atoms with E-state index in [-0.39, 0.29) is 33.7 Å². The second-order valence-electron chi connectivity index (χ2n) is 5.44. The van der Waals surface area contributed by atoms with Gasteiger partial charge in [-0.1, -0.05) is 23.2 Å². The molecule has 0 aromatic heterocycles. The fourth-order valence-electron chi connectivity index (χ4n) is 2.47. The maximum atomic E-state index is 12.4. The fourth-order valence-corrected chi connectivity index (χ4v) is 2.80.